The molecule has 1 aliphatic carbocycles. The van der Waals surface area contributed by atoms with Crippen molar-refractivity contribution in [3.8, 4) is 0 Å². The van der Waals surface area contributed by atoms with E-state index < -0.39 is 0 Å². The maximum atomic E-state index is 11.8. The van der Waals surface area contributed by atoms with Gasteiger partial charge in [-0.1, -0.05) is 35.2 Å². The molecule has 0 radical (unpaired) electrons. The summed E-state index contributed by atoms with van der Waals surface area (Å²) in [4.78, 5) is 12.2. The minimum atomic E-state index is -0.0612. The molecule has 1 saturated carbocycles. The molecule has 1 aromatic heterocycles. The van der Waals surface area contributed by atoms with Gasteiger partial charge >= 0.3 is 0 Å². The summed E-state index contributed by atoms with van der Waals surface area (Å²) >= 11 is 3.66. The summed E-state index contributed by atoms with van der Waals surface area (Å²) in [6.45, 7) is 0. The van der Waals surface area contributed by atoms with Crippen molar-refractivity contribution < 1.29 is 4.79 Å². The molecule has 88 valence electrons. The topological polar surface area (TPSA) is 57.8 Å². The predicted octanol–water partition coefficient (Wildman–Crippen LogP) is 2.24. The largest absolute Gasteiger partial charge is 0.347 e. The number of carbonyl (C=O) groups is 1. The SMILES string of the molecule is O=C(NC1CCCCCC1Br)c1ccn[nH]1. The number of hydrogen-bond acceptors (Lipinski definition) is 2. The van der Waals surface area contributed by atoms with Gasteiger partial charge in [-0.2, -0.15) is 5.10 Å². The second-order valence-electron chi connectivity index (χ2n) is 4.20. The third kappa shape index (κ3) is 2.84. The van der Waals surface area contributed by atoms with Crippen molar-refractivity contribution in [3.63, 3.8) is 0 Å². The van der Waals surface area contributed by atoms with Gasteiger partial charge in [0.25, 0.3) is 5.91 Å². The Kier molecular flexibility index (Phi) is 3.98. The van der Waals surface area contributed by atoms with Crippen LogP contribution in [0.3, 0.4) is 0 Å². The number of nitrogens with one attached hydrogen (secondary N) is 2. The van der Waals surface area contributed by atoms with Crippen LogP contribution in [0.4, 0.5) is 0 Å². The van der Waals surface area contributed by atoms with Gasteiger partial charge in [0.05, 0.1) is 0 Å². The van der Waals surface area contributed by atoms with E-state index in [0.29, 0.717) is 10.5 Å². The Morgan fingerprint density at radius 3 is 3.00 bits per heavy atom. The Morgan fingerprint density at radius 1 is 1.44 bits per heavy atom. The molecule has 1 amide bonds. The third-order valence-electron chi connectivity index (χ3n) is 2.99. The molecule has 0 aliphatic heterocycles. The Morgan fingerprint density at radius 2 is 2.25 bits per heavy atom. The number of nitrogens with zero attached hydrogens (tertiary/aromatic N) is 1. The number of aromatic nitrogens is 2. The molecule has 0 aromatic carbocycles. The lowest BCUT2D eigenvalue weighted by Crippen LogP contribution is -2.40. The van der Waals surface area contributed by atoms with E-state index in [1.54, 1.807) is 12.3 Å². The second kappa shape index (κ2) is 5.48. The molecule has 2 N–H and O–H groups in total. The Labute approximate surface area is 103 Å². The number of alkyl halides is 1. The maximum Gasteiger partial charge on any atom is 0.269 e. The van der Waals surface area contributed by atoms with Crippen molar-refractivity contribution in [1.29, 1.82) is 0 Å². The molecular weight excluding hydrogens is 270 g/mol. The summed E-state index contributed by atoms with van der Waals surface area (Å²) in [6, 6.07) is 1.92. The van der Waals surface area contributed by atoms with Gasteiger partial charge in [0.15, 0.2) is 0 Å². The van der Waals surface area contributed by atoms with Gasteiger partial charge in [0, 0.05) is 17.1 Å². The van der Waals surface area contributed by atoms with Crippen LogP contribution in [0, 0.1) is 0 Å². The first-order chi connectivity index (χ1) is 7.77. The first-order valence-corrected chi connectivity index (χ1v) is 6.63. The van der Waals surface area contributed by atoms with Gasteiger partial charge in [-0.25, -0.2) is 0 Å². The molecule has 1 heterocycles. The molecule has 2 unspecified atom stereocenters. The summed E-state index contributed by atoms with van der Waals surface area (Å²) in [7, 11) is 0. The van der Waals surface area contributed by atoms with Crippen molar-refractivity contribution in [3.05, 3.63) is 18.0 Å². The fourth-order valence-corrected chi connectivity index (χ4v) is 2.77. The van der Waals surface area contributed by atoms with E-state index in [-0.39, 0.29) is 11.9 Å². The molecular formula is C11H16BrN3O. The normalized spacial score (nSPS) is 26.1. The van der Waals surface area contributed by atoms with Gasteiger partial charge in [0.2, 0.25) is 0 Å². The monoisotopic (exact) mass is 285 g/mol. The maximum absolute atomic E-state index is 11.8. The molecule has 5 heteroatoms. The van der Waals surface area contributed by atoms with Crippen LogP contribution in [0.5, 0.6) is 0 Å². The van der Waals surface area contributed by atoms with Crippen LogP contribution in [0.15, 0.2) is 12.3 Å². The van der Waals surface area contributed by atoms with Crippen LogP contribution in [0.1, 0.15) is 42.6 Å². The summed E-state index contributed by atoms with van der Waals surface area (Å²) < 4.78 is 0. The van der Waals surface area contributed by atoms with E-state index in [1.165, 1.54) is 19.3 Å². The van der Waals surface area contributed by atoms with Crippen LogP contribution in [-0.2, 0) is 0 Å². The van der Waals surface area contributed by atoms with Crippen LogP contribution in [-0.4, -0.2) is 27.0 Å². The molecule has 16 heavy (non-hydrogen) atoms. The Balaban J connectivity index is 1.95. The third-order valence-corrected chi connectivity index (χ3v) is 4.09. The Hall–Kier alpha value is -0.840. The first-order valence-electron chi connectivity index (χ1n) is 5.71. The van der Waals surface area contributed by atoms with Gasteiger partial charge < -0.3 is 5.32 Å². The minimum Gasteiger partial charge on any atom is -0.347 e. The van der Waals surface area contributed by atoms with Crippen LogP contribution < -0.4 is 5.32 Å². The van der Waals surface area contributed by atoms with Gasteiger partial charge in [-0.05, 0) is 18.9 Å². The lowest BCUT2D eigenvalue weighted by atomic mass is 10.1. The fraction of sp³-hybridized carbons (Fsp3) is 0.636. The summed E-state index contributed by atoms with van der Waals surface area (Å²) in [5.41, 5.74) is 0.531. The number of aromatic amines is 1. The quantitative estimate of drug-likeness (QED) is 0.647. The fourth-order valence-electron chi connectivity index (χ4n) is 2.05. The molecule has 2 atom stereocenters. The van der Waals surface area contributed by atoms with Crippen LogP contribution in [0.25, 0.3) is 0 Å². The highest BCUT2D eigenvalue weighted by atomic mass is 79.9. The molecule has 1 aliphatic rings. The van der Waals surface area contributed by atoms with Crippen molar-refractivity contribution in [1.82, 2.24) is 15.5 Å². The number of halogens is 1. The zero-order valence-electron chi connectivity index (χ0n) is 9.08. The van der Waals surface area contributed by atoms with Crippen molar-refractivity contribution in [2.45, 2.75) is 43.0 Å². The zero-order valence-corrected chi connectivity index (χ0v) is 10.7. The molecule has 2 rings (SSSR count). The number of hydrogen-bond donors (Lipinski definition) is 2. The smallest absolute Gasteiger partial charge is 0.269 e. The predicted molar refractivity (Wildman–Crippen MR) is 65.6 cm³/mol. The highest BCUT2D eigenvalue weighted by Crippen LogP contribution is 2.23. The first kappa shape index (κ1) is 11.6. The molecule has 1 aromatic rings. The zero-order chi connectivity index (χ0) is 11.4. The lowest BCUT2D eigenvalue weighted by Gasteiger charge is -2.20. The number of H-pyrrole nitrogens is 1. The summed E-state index contributed by atoms with van der Waals surface area (Å²) in [6.07, 6.45) is 7.47. The number of carbonyl (C=O) groups excluding carboxylic acids is 1. The van der Waals surface area contributed by atoms with E-state index in [2.05, 4.69) is 31.4 Å². The standard InChI is InChI=1S/C11H16BrN3O/c12-8-4-2-1-3-5-9(8)14-11(16)10-6-7-13-15-10/h6-9H,1-5H2,(H,13,15)(H,14,16). The Bertz CT molecular complexity index is 339. The average Bonchev–Trinajstić information content (AvgIpc) is 2.73. The molecule has 0 bridgehead atoms. The van der Waals surface area contributed by atoms with E-state index in [9.17, 15) is 4.79 Å². The minimum absolute atomic E-state index is 0.0612. The second-order valence-corrected chi connectivity index (χ2v) is 5.38. The molecule has 1 fully saturated rings. The van der Waals surface area contributed by atoms with Crippen LogP contribution in [0.2, 0.25) is 0 Å². The van der Waals surface area contributed by atoms with E-state index in [0.717, 1.165) is 12.8 Å². The number of rotatable bonds is 2. The summed E-state index contributed by atoms with van der Waals surface area (Å²) in [5, 5.41) is 9.51. The highest BCUT2D eigenvalue weighted by Gasteiger charge is 2.23. The molecule has 4 nitrogen and oxygen atoms in total. The molecule has 0 saturated heterocycles. The van der Waals surface area contributed by atoms with E-state index in [4.69, 9.17) is 0 Å². The van der Waals surface area contributed by atoms with Crippen molar-refractivity contribution >= 4 is 21.8 Å². The van der Waals surface area contributed by atoms with Crippen molar-refractivity contribution in [2.75, 3.05) is 0 Å². The lowest BCUT2D eigenvalue weighted by molar-refractivity contribution is 0.0930. The van der Waals surface area contributed by atoms with Gasteiger partial charge in [0.1, 0.15) is 5.69 Å². The van der Waals surface area contributed by atoms with Crippen LogP contribution >= 0.6 is 15.9 Å². The molecule has 0 spiro atoms. The van der Waals surface area contributed by atoms with E-state index in [1.807, 2.05) is 0 Å². The van der Waals surface area contributed by atoms with Gasteiger partial charge in [-0.3, -0.25) is 9.89 Å². The summed E-state index contributed by atoms with van der Waals surface area (Å²) in [5.74, 6) is -0.0612. The number of amides is 1. The van der Waals surface area contributed by atoms with E-state index >= 15 is 0 Å². The highest BCUT2D eigenvalue weighted by molar-refractivity contribution is 9.09. The average molecular weight is 286 g/mol. The van der Waals surface area contributed by atoms with Crippen molar-refractivity contribution in [2.24, 2.45) is 0 Å². The van der Waals surface area contributed by atoms with Gasteiger partial charge in [-0.15, -0.1) is 0 Å².